The summed E-state index contributed by atoms with van der Waals surface area (Å²) in [6.07, 6.45) is 8.85. The molecule has 0 unspecified atom stereocenters. The molecule has 3 aromatic rings. The first-order chi connectivity index (χ1) is 17.6. The van der Waals surface area contributed by atoms with E-state index in [9.17, 15) is 0 Å². The van der Waals surface area contributed by atoms with E-state index in [0.717, 1.165) is 75.2 Å². The summed E-state index contributed by atoms with van der Waals surface area (Å²) >= 11 is 0. The van der Waals surface area contributed by atoms with E-state index < -0.39 is 0 Å². The average Bonchev–Trinajstić information content (AvgIpc) is 3.29. The van der Waals surface area contributed by atoms with Crippen LogP contribution in [0.4, 0.5) is 11.6 Å². The number of unbranched alkanes of at least 4 members (excludes halogenated alkanes) is 1. The van der Waals surface area contributed by atoms with Crippen molar-refractivity contribution >= 4 is 17.3 Å². The number of hydrogen-bond acceptors (Lipinski definition) is 9. The minimum absolute atomic E-state index is 0.286. The number of fused-ring (bicyclic) bond motifs is 1. The number of imidazole rings is 1. The Balaban J connectivity index is 1.22. The number of piperidine rings is 1. The lowest BCUT2D eigenvalue weighted by Gasteiger charge is -2.37. The monoisotopic (exact) mass is 494 g/mol. The number of morpholine rings is 1. The normalized spacial score (nSPS) is 17.7. The summed E-state index contributed by atoms with van der Waals surface area (Å²) in [5, 5.41) is 4.53. The lowest BCUT2D eigenvalue weighted by atomic mass is 9.95. The molecule has 3 aromatic heterocycles. The highest BCUT2D eigenvalue weighted by Crippen LogP contribution is 2.26. The molecule has 10 heteroatoms. The number of hydrogen-bond donors (Lipinski definition) is 1. The average molecular weight is 495 g/mol. The van der Waals surface area contributed by atoms with Crippen LogP contribution in [-0.2, 0) is 11.2 Å². The van der Waals surface area contributed by atoms with Crippen molar-refractivity contribution in [2.45, 2.75) is 46.0 Å². The number of aryl methyl sites for hydroxylation is 1. The SMILES string of the molecule is CCCCOc1nc(N)c2ncc(Cc3cnc(N4CCC(CN5CCOCC5)CC4)c(C)c3)n2n1. The molecular weight excluding hydrogens is 456 g/mol. The Morgan fingerprint density at radius 2 is 1.92 bits per heavy atom. The Bertz CT molecular complexity index is 1150. The lowest BCUT2D eigenvalue weighted by Crippen LogP contribution is -2.43. The number of aromatic nitrogens is 5. The predicted octanol–water partition coefficient (Wildman–Crippen LogP) is 2.73. The van der Waals surface area contributed by atoms with Crippen molar-refractivity contribution in [1.82, 2.24) is 29.5 Å². The van der Waals surface area contributed by atoms with Crippen molar-refractivity contribution in [2.24, 2.45) is 5.92 Å². The first-order valence-corrected chi connectivity index (χ1v) is 13.2. The molecular formula is C26H38N8O2. The number of anilines is 2. The van der Waals surface area contributed by atoms with Gasteiger partial charge in [-0.05, 0) is 43.2 Å². The molecule has 2 aliphatic rings. The molecule has 0 atom stereocenters. The molecule has 0 amide bonds. The van der Waals surface area contributed by atoms with Crippen LogP contribution >= 0.6 is 0 Å². The molecule has 10 nitrogen and oxygen atoms in total. The van der Waals surface area contributed by atoms with E-state index in [4.69, 9.17) is 20.2 Å². The predicted molar refractivity (Wildman–Crippen MR) is 140 cm³/mol. The van der Waals surface area contributed by atoms with Crippen molar-refractivity contribution in [3.8, 4) is 6.01 Å². The molecule has 0 spiro atoms. The molecule has 0 bridgehead atoms. The Labute approximate surface area is 212 Å². The first-order valence-electron chi connectivity index (χ1n) is 13.2. The zero-order valence-corrected chi connectivity index (χ0v) is 21.5. The Morgan fingerprint density at radius 3 is 2.67 bits per heavy atom. The highest BCUT2D eigenvalue weighted by atomic mass is 16.5. The van der Waals surface area contributed by atoms with Crippen LogP contribution in [0.3, 0.4) is 0 Å². The third kappa shape index (κ3) is 5.70. The standard InChI is InChI=1S/C26H38N8O2/c1-3-4-11-36-26-30-23(27)25-29-17-22(34(25)31-26)15-21-14-19(2)24(28-16-21)33-7-5-20(6-8-33)18-32-9-12-35-13-10-32/h14,16-17,20H,3-13,15,18H2,1-2H3,(H2,27,30,31). The summed E-state index contributed by atoms with van der Waals surface area (Å²) in [4.78, 5) is 18.5. The van der Waals surface area contributed by atoms with Gasteiger partial charge in [0.15, 0.2) is 11.5 Å². The van der Waals surface area contributed by atoms with Crippen LogP contribution < -0.4 is 15.4 Å². The van der Waals surface area contributed by atoms with Crippen LogP contribution in [0.15, 0.2) is 18.5 Å². The van der Waals surface area contributed by atoms with Gasteiger partial charge in [-0.15, -0.1) is 5.10 Å². The highest BCUT2D eigenvalue weighted by molar-refractivity contribution is 5.60. The molecule has 194 valence electrons. The summed E-state index contributed by atoms with van der Waals surface area (Å²) in [5.41, 5.74) is 9.91. The van der Waals surface area contributed by atoms with Crippen LogP contribution in [-0.4, -0.2) is 82.0 Å². The number of rotatable bonds is 9. The van der Waals surface area contributed by atoms with Crippen molar-refractivity contribution in [3.63, 3.8) is 0 Å². The summed E-state index contributed by atoms with van der Waals surface area (Å²) < 4.78 is 12.9. The maximum absolute atomic E-state index is 6.12. The van der Waals surface area contributed by atoms with Crippen molar-refractivity contribution in [3.05, 3.63) is 35.3 Å². The maximum Gasteiger partial charge on any atom is 0.336 e. The van der Waals surface area contributed by atoms with Gasteiger partial charge in [0, 0.05) is 45.3 Å². The fraction of sp³-hybridized carbons (Fsp3) is 0.615. The van der Waals surface area contributed by atoms with Gasteiger partial charge in [0.2, 0.25) is 0 Å². The second-order valence-electron chi connectivity index (χ2n) is 9.97. The maximum atomic E-state index is 6.12. The summed E-state index contributed by atoms with van der Waals surface area (Å²) in [6.45, 7) is 12.0. The molecule has 0 saturated carbocycles. The fourth-order valence-corrected chi connectivity index (χ4v) is 5.16. The van der Waals surface area contributed by atoms with E-state index >= 15 is 0 Å². The van der Waals surface area contributed by atoms with Gasteiger partial charge in [-0.25, -0.2) is 14.5 Å². The molecule has 36 heavy (non-hydrogen) atoms. The van der Waals surface area contributed by atoms with Crippen LogP contribution in [0, 0.1) is 12.8 Å². The highest BCUT2D eigenvalue weighted by Gasteiger charge is 2.24. The van der Waals surface area contributed by atoms with Gasteiger partial charge in [0.1, 0.15) is 5.82 Å². The first kappa shape index (κ1) is 24.7. The number of nitrogens with two attached hydrogens (primary N) is 1. The van der Waals surface area contributed by atoms with Crippen molar-refractivity contribution in [2.75, 3.05) is 63.2 Å². The van der Waals surface area contributed by atoms with E-state index in [1.807, 2.05) is 6.20 Å². The van der Waals surface area contributed by atoms with Crippen LogP contribution in [0.5, 0.6) is 6.01 Å². The molecule has 2 fully saturated rings. The molecule has 2 saturated heterocycles. The molecule has 0 radical (unpaired) electrons. The Kier molecular flexibility index (Phi) is 7.81. The quantitative estimate of drug-likeness (QED) is 0.449. The number of nitrogen functional groups attached to an aromatic ring is 1. The van der Waals surface area contributed by atoms with Crippen LogP contribution in [0.1, 0.15) is 49.4 Å². The third-order valence-corrected chi connectivity index (χ3v) is 7.20. The van der Waals surface area contributed by atoms with Gasteiger partial charge in [0.25, 0.3) is 0 Å². The molecule has 2 N–H and O–H groups in total. The Morgan fingerprint density at radius 1 is 1.11 bits per heavy atom. The molecule has 0 aromatic carbocycles. The van der Waals surface area contributed by atoms with Gasteiger partial charge < -0.3 is 20.1 Å². The number of pyridine rings is 1. The van der Waals surface area contributed by atoms with E-state index in [1.54, 1.807) is 10.7 Å². The third-order valence-electron chi connectivity index (χ3n) is 7.20. The molecule has 2 aliphatic heterocycles. The fourth-order valence-electron chi connectivity index (χ4n) is 5.16. The minimum atomic E-state index is 0.286. The number of ether oxygens (including phenoxy) is 2. The van der Waals surface area contributed by atoms with E-state index in [2.05, 4.69) is 44.8 Å². The van der Waals surface area contributed by atoms with E-state index in [1.165, 1.54) is 24.9 Å². The van der Waals surface area contributed by atoms with Crippen molar-refractivity contribution < 1.29 is 9.47 Å². The number of nitrogens with zero attached hydrogens (tertiary/aromatic N) is 7. The van der Waals surface area contributed by atoms with Gasteiger partial charge in [0.05, 0.1) is 31.7 Å². The van der Waals surface area contributed by atoms with Gasteiger partial charge in [-0.2, -0.15) is 4.98 Å². The van der Waals surface area contributed by atoms with Gasteiger partial charge >= 0.3 is 6.01 Å². The topological polar surface area (TPSA) is 107 Å². The van der Waals surface area contributed by atoms with Crippen molar-refractivity contribution in [1.29, 1.82) is 0 Å². The molecule has 0 aliphatic carbocycles. The minimum Gasteiger partial charge on any atom is -0.462 e. The largest absolute Gasteiger partial charge is 0.462 e. The van der Waals surface area contributed by atoms with Gasteiger partial charge in [-0.3, -0.25) is 4.90 Å². The van der Waals surface area contributed by atoms with E-state index in [-0.39, 0.29) is 6.01 Å². The zero-order chi connectivity index (χ0) is 24.9. The summed E-state index contributed by atoms with van der Waals surface area (Å²) in [5.74, 6) is 2.18. The van der Waals surface area contributed by atoms with Crippen LogP contribution in [0.25, 0.3) is 5.65 Å². The zero-order valence-electron chi connectivity index (χ0n) is 21.5. The lowest BCUT2D eigenvalue weighted by molar-refractivity contribution is 0.0289. The smallest absolute Gasteiger partial charge is 0.336 e. The second-order valence-corrected chi connectivity index (χ2v) is 9.97. The van der Waals surface area contributed by atoms with Crippen LogP contribution in [0.2, 0.25) is 0 Å². The summed E-state index contributed by atoms with van der Waals surface area (Å²) in [6, 6.07) is 2.51. The molecule has 5 heterocycles. The second kappa shape index (κ2) is 11.4. The molecule has 5 rings (SSSR count). The summed E-state index contributed by atoms with van der Waals surface area (Å²) in [7, 11) is 0. The van der Waals surface area contributed by atoms with Gasteiger partial charge in [-0.1, -0.05) is 19.4 Å². The Hall–Kier alpha value is -2.98. The van der Waals surface area contributed by atoms with E-state index in [0.29, 0.717) is 24.5 Å².